The lowest BCUT2D eigenvalue weighted by atomic mass is 9.94. The minimum atomic E-state index is -1.06. The third-order valence-electron chi connectivity index (χ3n) is 7.08. The van der Waals surface area contributed by atoms with Crippen molar-refractivity contribution in [3.8, 4) is 0 Å². The highest BCUT2D eigenvalue weighted by Crippen LogP contribution is 2.29. The van der Waals surface area contributed by atoms with E-state index in [4.69, 9.17) is 0 Å². The SMILES string of the molecule is CCCCN1C(=O)c2cc(C(=O)Nc3ccc(C)cc3C)nn2C[C@@]1(C)C(=O)NC1CCCC1. The van der Waals surface area contributed by atoms with Crippen LogP contribution in [-0.4, -0.2) is 50.5 Å². The summed E-state index contributed by atoms with van der Waals surface area (Å²) in [5.41, 5.74) is 2.22. The van der Waals surface area contributed by atoms with E-state index in [0.29, 0.717) is 17.9 Å². The maximum absolute atomic E-state index is 13.5. The number of fused-ring (bicyclic) bond motifs is 1. The summed E-state index contributed by atoms with van der Waals surface area (Å²) in [7, 11) is 0. The van der Waals surface area contributed by atoms with Crippen LogP contribution in [0.3, 0.4) is 0 Å². The average Bonchev–Trinajstić information content (AvgIpc) is 3.45. The summed E-state index contributed by atoms with van der Waals surface area (Å²) in [6.45, 7) is 8.50. The first-order valence-corrected chi connectivity index (χ1v) is 12.3. The molecule has 0 saturated heterocycles. The number of hydrogen-bond donors (Lipinski definition) is 2. The lowest BCUT2D eigenvalue weighted by Gasteiger charge is -2.43. The highest BCUT2D eigenvalue weighted by atomic mass is 16.2. The van der Waals surface area contributed by atoms with E-state index in [-0.39, 0.29) is 36.0 Å². The summed E-state index contributed by atoms with van der Waals surface area (Å²) in [6, 6.07) is 7.49. The Bertz CT molecular complexity index is 1100. The third kappa shape index (κ3) is 4.58. The maximum Gasteiger partial charge on any atom is 0.276 e. The van der Waals surface area contributed by atoms with Crippen molar-refractivity contribution >= 4 is 23.4 Å². The van der Waals surface area contributed by atoms with Crippen LogP contribution in [-0.2, 0) is 11.3 Å². The first kappa shape index (κ1) is 24.0. The van der Waals surface area contributed by atoms with Crippen molar-refractivity contribution in [1.29, 1.82) is 0 Å². The van der Waals surface area contributed by atoms with Gasteiger partial charge in [-0.2, -0.15) is 5.10 Å². The van der Waals surface area contributed by atoms with Crippen molar-refractivity contribution in [2.45, 2.75) is 84.3 Å². The third-order valence-corrected chi connectivity index (χ3v) is 7.08. The molecular weight excluding hydrogens is 430 g/mol. The molecule has 8 nitrogen and oxygen atoms in total. The molecule has 1 saturated carbocycles. The van der Waals surface area contributed by atoms with Gasteiger partial charge in [0.05, 0.1) is 6.54 Å². The van der Waals surface area contributed by atoms with E-state index < -0.39 is 5.54 Å². The van der Waals surface area contributed by atoms with Gasteiger partial charge >= 0.3 is 0 Å². The summed E-state index contributed by atoms with van der Waals surface area (Å²) >= 11 is 0. The van der Waals surface area contributed by atoms with E-state index in [1.807, 2.05) is 39.0 Å². The van der Waals surface area contributed by atoms with Gasteiger partial charge in [0, 0.05) is 24.3 Å². The highest BCUT2D eigenvalue weighted by molar-refractivity contribution is 6.06. The maximum atomic E-state index is 13.5. The molecule has 0 radical (unpaired) electrons. The normalized spacial score (nSPS) is 20.4. The molecule has 0 bridgehead atoms. The molecule has 1 fully saturated rings. The second kappa shape index (κ2) is 9.60. The first-order chi connectivity index (χ1) is 16.2. The topological polar surface area (TPSA) is 96.3 Å². The van der Waals surface area contributed by atoms with E-state index in [1.54, 1.807) is 4.90 Å². The van der Waals surface area contributed by atoms with Gasteiger partial charge in [0.15, 0.2) is 5.69 Å². The molecule has 1 aromatic carbocycles. The van der Waals surface area contributed by atoms with E-state index in [1.165, 1.54) is 10.7 Å². The molecule has 0 unspecified atom stereocenters. The summed E-state index contributed by atoms with van der Waals surface area (Å²) in [4.78, 5) is 41.6. The van der Waals surface area contributed by atoms with Crippen LogP contribution in [0.4, 0.5) is 5.69 Å². The molecule has 2 heterocycles. The highest BCUT2D eigenvalue weighted by Gasteiger charge is 2.48. The van der Waals surface area contributed by atoms with Crippen LogP contribution in [0.25, 0.3) is 0 Å². The van der Waals surface area contributed by atoms with Gasteiger partial charge in [0.25, 0.3) is 11.8 Å². The number of nitrogens with zero attached hydrogens (tertiary/aromatic N) is 3. The zero-order chi connectivity index (χ0) is 24.5. The van der Waals surface area contributed by atoms with Crippen LogP contribution < -0.4 is 10.6 Å². The lowest BCUT2D eigenvalue weighted by Crippen LogP contribution is -2.65. The van der Waals surface area contributed by atoms with Gasteiger partial charge in [-0.15, -0.1) is 0 Å². The van der Waals surface area contributed by atoms with Crippen molar-refractivity contribution in [2.24, 2.45) is 0 Å². The predicted octanol–water partition coefficient (Wildman–Crippen LogP) is 3.83. The number of nitrogens with one attached hydrogen (secondary N) is 2. The molecule has 4 rings (SSSR count). The fourth-order valence-corrected chi connectivity index (χ4v) is 4.97. The smallest absolute Gasteiger partial charge is 0.276 e. The summed E-state index contributed by atoms with van der Waals surface area (Å²) in [5, 5.41) is 10.5. The molecule has 3 amide bonds. The number of anilines is 1. The average molecular weight is 466 g/mol. The first-order valence-electron chi connectivity index (χ1n) is 12.3. The van der Waals surface area contributed by atoms with E-state index in [2.05, 4.69) is 22.7 Å². The zero-order valence-electron chi connectivity index (χ0n) is 20.6. The van der Waals surface area contributed by atoms with Gasteiger partial charge in [-0.05, 0) is 51.7 Å². The summed E-state index contributed by atoms with van der Waals surface area (Å²) in [6.07, 6.45) is 5.88. The van der Waals surface area contributed by atoms with Crippen molar-refractivity contribution in [3.05, 3.63) is 46.8 Å². The van der Waals surface area contributed by atoms with Gasteiger partial charge in [0.2, 0.25) is 5.91 Å². The van der Waals surface area contributed by atoms with E-state index >= 15 is 0 Å². The second-order valence-electron chi connectivity index (χ2n) is 9.88. The molecule has 1 aliphatic carbocycles. The Labute approximate surface area is 201 Å². The fourth-order valence-electron chi connectivity index (χ4n) is 4.97. The molecule has 0 spiro atoms. The monoisotopic (exact) mass is 465 g/mol. The molecule has 34 heavy (non-hydrogen) atoms. The van der Waals surface area contributed by atoms with Crippen LogP contribution in [0.5, 0.6) is 0 Å². The van der Waals surface area contributed by atoms with Crippen LogP contribution in [0.2, 0.25) is 0 Å². The van der Waals surface area contributed by atoms with Gasteiger partial charge in [-0.3, -0.25) is 19.1 Å². The molecular formula is C26H35N5O3. The quantitative estimate of drug-likeness (QED) is 0.650. The number of unbranched alkanes of at least 4 members (excludes halogenated alkanes) is 1. The fraction of sp³-hybridized carbons (Fsp3) is 0.538. The molecule has 2 N–H and O–H groups in total. The standard InChI is InChI=1S/C26H35N5O3/c1-5-6-13-30-24(33)22-15-21(23(32)28-20-12-11-17(2)14-18(20)3)29-31(22)16-26(30,4)25(34)27-19-9-7-8-10-19/h11-12,14-15,19H,5-10,13,16H2,1-4H3,(H,27,34)(H,28,32)/t26-/m0/s1. The molecule has 8 heteroatoms. The minimum absolute atomic E-state index is 0.147. The number of aromatic nitrogens is 2. The Balaban J connectivity index is 1.60. The number of aryl methyl sites for hydroxylation is 2. The number of rotatable bonds is 7. The van der Waals surface area contributed by atoms with Crippen molar-refractivity contribution in [3.63, 3.8) is 0 Å². The van der Waals surface area contributed by atoms with Crippen molar-refractivity contribution < 1.29 is 14.4 Å². The summed E-state index contributed by atoms with van der Waals surface area (Å²) < 4.78 is 1.52. The van der Waals surface area contributed by atoms with Crippen molar-refractivity contribution in [2.75, 3.05) is 11.9 Å². The number of hydrogen-bond acceptors (Lipinski definition) is 4. The zero-order valence-corrected chi connectivity index (χ0v) is 20.6. The lowest BCUT2D eigenvalue weighted by molar-refractivity contribution is -0.133. The van der Waals surface area contributed by atoms with Crippen LogP contribution in [0, 0.1) is 13.8 Å². The van der Waals surface area contributed by atoms with Gasteiger partial charge in [-0.25, -0.2) is 0 Å². The molecule has 1 aliphatic heterocycles. The van der Waals surface area contributed by atoms with Crippen LogP contribution in [0.1, 0.15) is 84.5 Å². The van der Waals surface area contributed by atoms with Crippen molar-refractivity contribution in [1.82, 2.24) is 20.0 Å². The Morgan fingerprint density at radius 2 is 1.91 bits per heavy atom. The van der Waals surface area contributed by atoms with Gasteiger partial charge < -0.3 is 15.5 Å². The van der Waals surface area contributed by atoms with E-state index in [0.717, 1.165) is 49.7 Å². The molecule has 1 atom stereocenters. The molecule has 1 aromatic heterocycles. The van der Waals surface area contributed by atoms with Crippen LogP contribution in [0.15, 0.2) is 24.3 Å². The minimum Gasteiger partial charge on any atom is -0.351 e. The molecule has 2 aromatic rings. The predicted molar refractivity (Wildman–Crippen MR) is 131 cm³/mol. The van der Waals surface area contributed by atoms with Gasteiger partial charge in [-0.1, -0.05) is 43.9 Å². The largest absolute Gasteiger partial charge is 0.351 e. The Hall–Kier alpha value is -3.16. The number of carbonyl (C=O) groups excluding carboxylic acids is 3. The number of amides is 3. The van der Waals surface area contributed by atoms with E-state index in [9.17, 15) is 14.4 Å². The Kier molecular flexibility index (Phi) is 6.77. The van der Waals surface area contributed by atoms with Crippen LogP contribution >= 0.6 is 0 Å². The summed E-state index contributed by atoms with van der Waals surface area (Å²) in [5.74, 6) is -0.785. The van der Waals surface area contributed by atoms with Gasteiger partial charge in [0.1, 0.15) is 11.2 Å². The number of carbonyl (C=O) groups is 3. The number of benzene rings is 1. The Morgan fingerprint density at radius 3 is 2.59 bits per heavy atom. The molecule has 182 valence electrons. The second-order valence-corrected chi connectivity index (χ2v) is 9.88. The molecule has 2 aliphatic rings. The Morgan fingerprint density at radius 1 is 1.18 bits per heavy atom.